The largest absolute Gasteiger partial charge is 0.136 e. The van der Waals surface area contributed by atoms with E-state index in [9.17, 15) is 0 Å². The van der Waals surface area contributed by atoms with Gasteiger partial charge in [-0.1, -0.05) is 32.5 Å². The third kappa shape index (κ3) is 3.44. The molecule has 0 aliphatic rings. The second kappa shape index (κ2) is 4.33. The quantitative estimate of drug-likeness (QED) is 0.474. The second-order valence-corrected chi connectivity index (χ2v) is 3.25. The van der Waals surface area contributed by atoms with Gasteiger partial charge in [-0.2, -0.15) is 0 Å². The molecule has 0 amide bonds. The highest BCUT2D eigenvalue weighted by atomic mass is 32.1. The minimum atomic E-state index is 0.512. The van der Waals surface area contributed by atoms with Crippen LogP contribution in [-0.2, 0) is 0 Å². The Balaban J connectivity index is 3.32. The topological polar surface area (TPSA) is 0 Å². The minimum absolute atomic E-state index is 0.512. The van der Waals surface area contributed by atoms with Gasteiger partial charge < -0.3 is 0 Å². The molecule has 0 nitrogen and oxygen atoms in total. The smallest absolute Gasteiger partial charge is 0.0476 e. The highest BCUT2D eigenvalue weighted by Gasteiger charge is 2.00. The van der Waals surface area contributed by atoms with E-state index >= 15 is 0 Å². The number of thiocarbonyl (C=S) groups is 1. The molecular weight excluding hydrogens is 136 g/mol. The van der Waals surface area contributed by atoms with E-state index in [1.54, 1.807) is 0 Å². The number of rotatable bonds is 3. The summed E-state index contributed by atoms with van der Waals surface area (Å²) in [4.78, 5) is 0. The van der Waals surface area contributed by atoms with Crippen LogP contribution in [0.4, 0.5) is 0 Å². The molecular formula is C6H12S2. The molecule has 2 heteroatoms. The maximum atomic E-state index is 4.85. The number of thiol groups is 1. The van der Waals surface area contributed by atoms with Crippen LogP contribution >= 0.6 is 24.8 Å². The lowest BCUT2D eigenvalue weighted by atomic mass is 10.1. The predicted molar refractivity (Wildman–Crippen MR) is 45.7 cm³/mol. The van der Waals surface area contributed by atoms with Crippen molar-refractivity contribution >= 4 is 29.0 Å². The van der Waals surface area contributed by atoms with Crippen LogP contribution in [-0.4, -0.2) is 4.20 Å². The van der Waals surface area contributed by atoms with Crippen LogP contribution < -0.4 is 0 Å². The monoisotopic (exact) mass is 148 g/mol. The summed E-state index contributed by atoms with van der Waals surface area (Å²) >= 11 is 8.91. The molecule has 0 aromatic heterocycles. The Hall–Kier alpha value is 0.440. The van der Waals surface area contributed by atoms with Crippen molar-refractivity contribution in [3.05, 3.63) is 0 Å². The fraction of sp³-hybridized carbons (Fsp3) is 0.833. The molecule has 0 saturated carbocycles. The lowest BCUT2D eigenvalue weighted by Gasteiger charge is -2.04. The van der Waals surface area contributed by atoms with Gasteiger partial charge in [-0.3, -0.25) is 0 Å². The van der Waals surface area contributed by atoms with Crippen molar-refractivity contribution in [2.24, 2.45) is 5.92 Å². The highest BCUT2D eigenvalue weighted by Crippen LogP contribution is 2.09. The van der Waals surface area contributed by atoms with Crippen LogP contribution in [0.25, 0.3) is 0 Å². The van der Waals surface area contributed by atoms with Crippen molar-refractivity contribution in [3.63, 3.8) is 0 Å². The Kier molecular flexibility index (Phi) is 4.57. The lowest BCUT2D eigenvalue weighted by Crippen LogP contribution is -1.99. The predicted octanol–water partition coefficient (Wildman–Crippen LogP) is 2.68. The van der Waals surface area contributed by atoms with E-state index in [1.807, 2.05) is 0 Å². The van der Waals surface area contributed by atoms with E-state index in [0.717, 1.165) is 4.20 Å². The summed E-state index contributed by atoms with van der Waals surface area (Å²) < 4.78 is 0.840. The number of hydrogen-bond donors (Lipinski definition) is 1. The number of hydrogen-bond acceptors (Lipinski definition) is 1. The molecule has 8 heavy (non-hydrogen) atoms. The van der Waals surface area contributed by atoms with Crippen LogP contribution in [0.5, 0.6) is 0 Å². The van der Waals surface area contributed by atoms with Gasteiger partial charge in [0.25, 0.3) is 0 Å². The van der Waals surface area contributed by atoms with Crippen LogP contribution in [0.1, 0.15) is 26.7 Å². The Morgan fingerprint density at radius 3 is 2.38 bits per heavy atom. The molecule has 0 rings (SSSR count). The molecule has 0 aromatic rings. The zero-order valence-electron chi connectivity index (χ0n) is 5.35. The molecule has 1 atom stereocenters. The van der Waals surface area contributed by atoms with E-state index in [4.69, 9.17) is 12.2 Å². The van der Waals surface area contributed by atoms with Gasteiger partial charge in [0, 0.05) is 4.20 Å². The van der Waals surface area contributed by atoms with Crippen molar-refractivity contribution in [2.75, 3.05) is 0 Å². The molecule has 0 bridgehead atoms. The zero-order valence-corrected chi connectivity index (χ0v) is 7.06. The second-order valence-electron chi connectivity index (χ2n) is 2.03. The van der Waals surface area contributed by atoms with Gasteiger partial charge in [-0.15, -0.1) is 12.6 Å². The van der Waals surface area contributed by atoms with Crippen molar-refractivity contribution in [2.45, 2.75) is 26.7 Å². The summed E-state index contributed by atoms with van der Waals surface area (Å²) in [5, 5.41) is 0. The summed E-state index contributed by atoms with van der Waals surface area (Å²) in [5.74, 6) is 0.512. The molecule has 0 radical (unpaired) electrons. The van der Waals surface area contributed by atoms with Crippen molar-refractivity contribution in [3.8, 4) is 0 Å². The standard InChI is InChI=1S/C6H12S2/c1-3-4-5(2)6(7)8/h5H,3-4H2,1-2H3,(H,7,8)/t5-/m0/s1. The molecule has 48 valence electrons. The molecule has 0 N–H and O–H groups in total. The summed E-state index contributed by atoms with van der Waals surface area (Å²) in [7, 11) is 0. The Morgan fingerprint density at radius 1 is 1.75 bits per heavy atom. The van der Waals surface area contributed by atoms with Crippen molar-refractivity contribution < 1.29 is 0 Å². The Labute approximate surface area is 62.1 Å². The average Bonchev–Trinajstić information content (AvgIpc) is 1.67. The van der Waals surface area contributed by atoms with Gasteiger partial charge in [-0.05, 0) is 12.3 Å². The fourth-order valence-corrected chi connectivity index (χ4v) is 0.803. The first-order valence-corrected chi connectivity index (χ1v) is 3.76. The lowest BCUT2D eigenvalue weighted by molar-refractivity contribution is 0.680. The summed E-state index contributed by atoms with van der Waals surface area (Å²) in [6, 6.07) is 0. The van der Waals surface area contributed by atoms with Crippen molar-refractivity contribution in [1.29, 1.82) is 0 Å². The molecule has 0 heterocycles. The summed E-state index contributed by atoms with van der Waals surface area (Å²) in [6.07, 6.45) is 2.37. The van der Waals surface area contributed by atoms with Crippen molar-refractivity contribution in [1.82, 2.24) is 0 Å². The van der Waals surface area contributed by atoms with Gasteiger partial charge in [0.2, 0.25) is 0 Å². The third-order valence-electron chi connectivity index (χ3n) is 1.14. The van der Waals surface area contributed by atoms with Crippen LogP contribution in [0.3, 0.4) is 0 Å². The fourth-order valence-electron chi connectivity index (χ4n) is 0.556. The van der Waals surface area contributed by atoms with E-state index in [2.05, 4.69) is 26.5 Å². The molecule has 0 fully saturated rings. The Morgan fingerprint density at radius 2 is 2.25 bits per heavy atom. The molecule has 0 aromatic carbocycles. The molecule has 0 spiro atoms. The molecule has 0 aliphatic heterocycles. The third-order valence-corrected chi connectivity index (χ3v) is 1.99. The zero-order chi connectivity index (χ0) is 6.57. The van der Waals surface area contributed by atoms with E-state index in [0.29, 0.717) is 5.92 Å². The first kappa shape index (κ1) is 8.44. The average molecular weight is 148 g/mol. The Bertz CT molecular complexity index is 78.6. The van der Waals surface area contributed by atoms with E-state index in [-0.39, 0.29) is 0 Å². The van der Waals surface area contributed by atoms with Gasteiger partial charge in [-0.25, -0.2) is 0 Å². The van der Waals surface area contributed by atoms with Crippen LogP contribution in [0, 0.1) is 5.92 Å². The van der Waals surface area contributed by atoms with E-state index < -0.39 is 0 Å². The maximum absolute atomic E-state index is 4.85. The van der Waals surface area contributed by atoms with Crippen LogP contribution in [0.15, 0.2) is 0 Å². The normalized spacial score (nSPS) is 13.4. The first-order valence-electron chi connectivity index (χ1n) is 2.91. The summed E-state index contributed by atoms with van der Waals surface area (Å²) in [5.41, 5.74) is 0. The highest BCUT2D eigenvalue weighted by molar-refractivity contribution is 8.11. The first-order chi connectivity index (χ1) is 3.68. The van der Waals surface area contributed by atoms with Gasteiger partial charge in [0.15, 0.2) is 0 Å². The van der Waals surface area contributed by atoms with Gasteiger partial charge in [0.05, 0.1) is 0 Å². The van der Waals surface area contributed by atoms with Gasteiger partial charge in [0.1, 0.15) is 0 Å². The van der Waals surface area contributed by atoms with Crippen LogP contribution in [0.2, 0.25) is 0 Å². The minimum Gasteiger partial charge on any atom is -0.136 e. The van der Waals surface area contributed by atoms with E-state index in [1.165, 1.54) is 12.8 Å². The molecule has 0 saturated heterocycles. The molecule has 0 aliphatic carbocycles. The molecule has 0 unspecified atom stereocenters. The maximum Gasteiger partial charge on any atom is 0.0476 e. The SMILES string of the molecule is CCC[C@H](C)C(=S)S. The summed E-state index contributed by atoms with van der Waals surface area (Å²) in [6.45, 7) is 4.27. The van der Waals surface area contributed by atoms with Gasteiger partial charge >= 0.3 is 0 Å².